The zero-order chi connectivity index (χ0) is 27.5. The maximum Gasteiger partial charge on any atom is 0.338 e. The van der Waals surface area contributed by atoms with Crippen LogP contribution in [0.15, 0.2) is 90.5 Å². The Kier molecular flexibility index (Phi) is 7.19. The minimum atomic E-state index is -0.657. The highest BCUT2D eigenvalue weighted by Crippen LogP contribution is 2.39. The van der Waals surface area contributed by atoms with Crippen LogP contribution in [0.1, 0.15) is 50.8 Å². The number of fused-ring (bicyclic) bond motifs is 1. The van der Waals surface area contributed by atoms with Crippen LogP contribution in [0.2, 0.25) is 0 Å². The van der Waals surface area contributed by atoms with E-state index >= 15 is 0 Å². The summed E-state index contributed by atoms with van der Waals surface area (Å²) in [4.78, 5) is 64.6. The Balaban J connectivity index is 1.21. The van der Waals surface area contributed by atoms with Crippen molar-refractivity contribution in [2.24, 2.45) is 11.8 Å². The summed E-state index contributed by atoms with van der Waals surface area (Å²) in [5.74, 6) is -2.59. The first kappa shape index (κ1) is 25.8. The lowest BCUT2D eigenvalue weighted by Crippen LogP contribution is -2.31. The normalized spacial score (nSPS) is 18.3. The van der Waals surface area contributed by atoms with E-state index < -0.39 is 11.9 Å². The van der Waals surface area contributed by atoms with Gasteiger partial charge in [0.1, 0.15) is 0 Å². The van der Waals surface area contributed by atoms with Gasteiger partial charge in [-0.25, -0.2) is 4.79 Å². The van der Waals surface area contributed by atoms with Crippen LogP contribution in [-0.4, -0.2) is 36.1 Å². The molecule has 3 aromatic carbocycles. The molecule has 1 aliphatic carbocycles. The van der Waals surface area contributed by atoms with Crippen molar-refractivity contribution in [3.63, 3.8) is 0 Å². The molecule has 5 rings (SSSR count). The number of rotatable bonds is 7. The highest BCUT2D eigenvalue weighted by molar-refractivity contribution is 6.22. The first-order valence-electron chi connectivity index (χ1n) is 12.6. The third-order valence-corrected chi connectivity index (χ3v) is 7.00. The molecule has 2 aliphatic rings. The van der Waals surface area contributed by atoms with Crippen LogP contribution >= 0.6 is 0 Å². The molecular weight excluding hydrogens is 496 g/mol. The molecule has 0 radical (unpaired) electrons. The van der Waals surface area contributed by atoms with E-state index in [2.05, 4.69) is 5.32 Å². The lowest BCUT2D eigenvalue weighted by atomic mass is 9.82. The molecule has 0 aromatic heterocycles. The number of ether oxygens (including phenoxy) is 1. The first-order valence-corrected chi connectivity index (χ1v) is 12.6. The van der Waals surface area contributed by atoms with E-state index in [9.17, 15) is 24.0 Å². The highest BCUT2D eigenvalue weighted by atomic mass is 16.5. The van der Waals surface area contributed by atoms with Gasteiger partial charge in [0.15, 0.2) is 12.4 Å². The molecule has 2 atom stereocenters. The summed E-state index contributed by atoms with van der Waals surface area (Å²) in [6.45, 7) is 1.58. The second-order valence-electron chi connectivity index (χ2n) is 9.66. The Morgan fingerprint density at radius 3 is 2.28 bits per heavy atom. The van der Waals surface area contributed by atoms with Crippen molar-refractivity contribution in [1.82, 2.24) is 0 Å². The van der Waals surface area contributed by atoms with Crippen molar-refractivity contribution in [3.05, 3.63) is 107 Å². The minimum Gasteiger partial charge on any atom is -0.454 e. The zero-order valence-electron chi connectivity index (χ0n) is 21.3. The Labute approximate surface area is 225 Å². The van der Waals surface area contributed by atoms with E-state index in [1.54, 1.807) is 60.7 Å². The van der Waals surface area contributed by atoms with E-state index in [0.29, 0.717) is 29.8 Å². The van der Waals surface area contributed by atoms with Gasteiger partial charge in [-0.2, -0.15) is 0 Å². The Morgan fingerprint density at radius 1 is 0.846 bits per heavy atom. The number of ketones is 1. The Morgan fingerprint density at radius 2 is 1.54 bits per heavy atom. The molecule has 1 fully saturated rings. The molecule has 0 saturated carbocycles. The van der Waals surface area contributed by atoms with Crippen LogP contribution in [0.25, 0.3) is 0 Å². The molecule has 8 nitrogen and oxygen atoms in total. The van der Waals surface area contributed by atoms with E-state index in [4.69, 9.17) is 4.74 Å². The number of imide groups is 1. The number of carbonyl (C=O) groups is 5. The number of benzene rings is 3. The van der Waals surface area contributed by atoms with Gasteiger partial charge in [0, 0.05) is 16.8 Å². The average Bonchev–Trinajstić information content (AvgIpc) is 3.21. The SMILES string of the molecule is CC1=CC[C@H]2C(=O)N(c3cccc(C(=O)Nc4ccc(C(=O)OCC(=O)c5ccccc5)cc4)c3)C(=O)[C@@H]2C1. The summed E-state index contributed by atoms with van der Waals surface area (Å²) in [5, 5.41) is 2.75. The maximum atomic E-state index is 13.0. The fraction of sp³-hybridized carbons (Fsp3) is 0.194. The van der Waals surface area contributed by atoms with E-state index in [-0.39, 0.29) is 47.2 Å². The molecule has 3 aromatic rings. The highest BCUT2D eigenvalue weighted by Gasteiger charge is 2.48. The topological polar surface area (TPSA) is 110 Å². The molecule has 1 aliphatic heterocycles. The van der Waals surface area contributed by atoms with Gasteiger partial charge >= 0.3 is 5.97 Å². The lowest BCUT2D eigenvalue weighted by Gasteiger charge is -2.18. The number of hydrogen-bond donors (Lipinski definition) is 1. The van der Waals surface area contributed by atoms with Crippen LogP contribution in [0.3, 0.4) is 0 Å². The van der Waals surface area contributed by atoms with E-state index in [0.717, 1.165) is 5.57 Å². The van der Waals surface area contributed by atoms with E-state index in [1.807, 2.05) is 13.0 Å². The van der Waals surface area contributed by atoms with Crippen molar-refractivity contribution in [2.45, 2.75) is 19.8 Å². The zero-order valence-corrected chi connectivity index (χ0v) is 21.3. The number of allylic oxidation sites excluding steroid dienone is 2. The predicted octanol–water partition coefficient (Wildman–Crippen LogP) is 4.82. The summed E-state index contributed by atoms with van der Waals surface area (Å²) in [7, 11) is 0. The van der Waals surface area contributed by atoms with Crippen molar-refractivity contribution in [1.29, 1.82) is 0 Å². The molecule has 0 spiro atoms. The third-order valence-electron chi connectivity index (χ3n) is 7.00. The van der Waals surface area contributed by atoms with Crippen molar-refractivity contribution in [3.8, 4) is 0 Å². The number of Topliss-reactive ketones (excluding diaryl/α,β-unsaturated/α-hetero) is 1. The fourth-order valence-electron chi connectivity index (χ4n) is 4.89. The number of carbonyl (C=O) groups excluding carboxylic acids is 5. The van der Waals surface area contributed by atoms with Gasteiger partial charge in [0.05, 0.1) is 23.1 Å². The van der Waals surface area contributed by atoms with Crippen LogP contribution in [0.4, 0.5) is 11.4 Å². The summed E-state index contributed by atoms with van der Waals surface area (Å²) in [6.07, 6.45) is 3.12. The number of nitrogens with zero attached hydrogens (tertiary/aromatic N) is 1. The molecule has 1 N–H and O–H groups in total. The van der Waals surface area contributed by atoms with Gasteiger partial charge in [-0.1, -0.05) is 48.0 Å². The second-order valence-corrected chi connectivity index (χ2v) is 9.66. The molecule has 196 valence electrons. The van der Waals surface area contributed by atoms with Crippen LogP contribution in [0, 0.1) is 11.8 Å². The number of nitrogens with one attached hydrogen (secondary N) is 1. The number of esters is 1. The lowest BCUT2D eigenvalue weighted by molar-refractivity contribution is -0.122. The molecule has 1 saturated heterocycles. The quantitative estimate of drug-likeness (QED) is 0.206. The first-order chi connectivity index (χ1) is 18.8. The predicted molar refractivity (Wildman–Crippen MR) is 144 cm³/mol. The summed E-state index contributed by atoms with van der Waals surface area (Å²) in [6, 6.07) is 21.0. The molecule has 0 unspecified atom stereocenters. The molecule has 8 heteroatoms. The van der Waals surface area contributed by atoms with Gasteiger partial charge in [0.2, 0.25) is 11.8 Å². The number of anilines is 2. The minimum absolute atomic E-state index is 0.230. The standard InChI is InChI=1S/C31H26N2O6/c1-19-10-15-25-26(16-19)30(37)33(29(25)36)24-9-5-8-22(17-24)28(35)32-23-13-11-21(12-14-23)31(38)39-18-27(34)20-6-3-2-4-7-20/h2-14,17,25-26H,15-16,18H2,1H3,(H,32,35)/t25-,26-/m1/s1. The van der Waals surface area contributed by atoms with E-state index in [1.165, 1.54) is 23.1 Å². The van der Waals surface area contributed by atoms with Crippen LogP contribution in [0.5, 0.6) is 0 Å². The van der Waals surface area contributed by atoms with Crippen molar-refractivity contribution >= 4 is 40.8 Å². The molecule has 1 heterocycles. The van der Waals surface area contributed by atoms with Gasteiger partial charge in [-0.05, 0) is 62.2 Å². The number of hydrogen-bond acceptors (Lipinski definition) is 6. The fourth-order valence-corrected chi connectivity index (χ4v) is 4.89. The van der Waals surface area contributed by atoms with Crippen molar-refractivity contribution in [2.75, 3.05) is 16.8 Å². The largest absolute Gasteiger partial charge is 0.454 e. The van der Waals surface area contributed by atoms with Gasteiger partial charge < -0.3 is 10.1 Å². The Bertz CT molecular complexity index is 1490. The molecule has 0 bridgehead atoms. The van der Waals surface area contributed by atoms with Crippen molar-refractivity contribution < 1.29 is 28.7 Å². The van der Waals surface area contributed by atoms with Crippen LogP contribution < -0.4 is 10.2 Å². The smallest absolute Gasteiger partial charge is 0.338 e. The number of amides is 3. The summed E-state index contributed by atoms with van der Waals surface area (Å²) in [5.41, 5.74) is 2.87. The Hall–Kier alpha value is -4.85. The summed E-state index contributed by atoms with van der Waals surface area (Å²) < 4.78 is 5.12. The molecule has 3 amide bonds. The third kappa shape index (κ3) is 5.40. The molecular formula is C31H26N2O6. The van der Waals surface area contributed by atoms with Crippen LogP contribution in [-0.2, 0) is 14.3 Å². The van der Waals surface area contributed by atoms with Gasteiger partial charge in [-0.15, -0.1) is 0 Å². The van der Waals surface area contributed by atoms with Gasteiger partial charge in [0.25, 0.3) is 5.91 Å². The molecule has 39 heavy (non-hydrogen) atoms. The maximum absolute atomic E-state index is 13.0. The summed E-state index contributed by atoms with van der Waals surface area (Å²) >= 11 is 0. The monoisotopic (exact) mass is 522 g/mol. The van der Waals surface area contributed by atoms with Gasteiger partial charge in [-0.3, -0.25) is 24.1 Å². The average molecular weight is 523 g/mol. The second kappa shape index (κ2) is 10.9.